The Morgan fingerprint density at radius 3 is 2.20 bits per heavy atom. The molecule has 0 amide bonds. The molecule has 5 nitrogen and oxygen atoms in total. The first-order valence-electron chi connectivity index (χ1n) is 18.5. The molecule has 10 rings (SSSR count). The van der Waals surface area contributed by atoms with Crippen LogP contribution in [0.5, 0.6) is 11.5 Å². The number of fused-ring (bicyclic) bond motifs is 6. The van der Waals surface area contributed by atoms with Gasteiger partial charge in [0.15, 0.2) is 0 Å². The first-order valence-corrected chi connectivity index (χ1v) is 22.0. The van der Waals surface area contributed by atoms with Gasteiger partial charge in [-0.1, -0.05) is 139 Å². The minimum Gasteiger partial charge on any atom is -0.501 e. The van der Waals surface area contributed by atoms with Crippen molar-refractivity contribution >= 4 is 57.0 Å². The Kier molecular flexibility index (Phi) is 9.04. The summed E-state index contributed by atoms with van der Waals surface area (Å²) in [4.78, 5) is 9.62. The fraction of sp³-hybridized carbons (Fsp3) is 0.0612. The predicted octanol–water partition coefficient (Wildman–Crippen LogP) is 12.4. The van der Waals surface area contributed by atoms with Crippen LogP contribution in [0.15, 0.2) is 162 Å². The maximum atomic E-state index is 6.70. The average molecular weight is 921 g/mol. The summed E-state index contributed by atoms with van der Waals surface area (Å²) < 4.78 is 15.6. The zero-order chi connectivity index (χ0) is 37.1. The molecule has 0 bridgehead atoms. The molecule has 4 aromatic heterocycles. The van der Waals surface area contributed by atoms with Gasteiger partial charge in [0.05, 0.1) is 19.2 Å². The third kappa shape index (κ3) is 6.35. The number of para-hydroxylation sites is 1. The topological polar surface area (TPSA) is 53.1 Å². The molecule has 0 saturated heterocycles. The summed E-state index contributed by atoms with van der Waals surface area (Å²) >= 11 is 0. The van der Waals surface area contributed by atoms with Crippen molar-refractivity contribution in [2.75, 3.05) is 0 Å². The fourth-order valence-electron chi connectivity index (χ4n) is 7.52. The molecule has 4 heterocycles. The van der Waals surface area contributed by atoms with E-state index in [0.717, 1.165) is 77.5 Å². The van der Waals surface area contributed by atoms with Crippen LogP contribution in [0.2, 0.25) is 19.6 Å². The summed E-state index contributed by atoms with van der Waals surface area (Å²) in [6.07, 6.45) is 3.76. The van der Waals surface area contributed by atoms with Gasteiger partial charge in [-0.2, -0.15) is 0 Å². The first kappa shape index (κ1) is 35.6. The molecule has 7 heteroatoms. The number of hydrogen-bond donors (Lipinski definition) is 0. The molecule has 0 atom stereocenters. The van der Waals surface area contributed by atoms with E-state index in [1.54, 1.807) is 6.20 Å². The summed E-state index contributed by atoms with van der Waals surface area (Å²) in [7, 11) is -1.47. The normalized spacial score (nSPS) is 11.7. The van der Waals surface area contributed by atoms with Crippen molar-refractivity contribution in [3.8, 4) is 50.8 Å². The molecule has 56 heavy (non-hydrogen) atoms. The zero-order valence-corrected chi connectivity index (χ0v) is 34.3. The summed E-state index contributed by atoms with van der Waals surface area (Å²) in [5, 5.41) is 5.56. The molecule has 0 aliphatic carbocycles. The average Bonchev–Trinajstić information content (AvgIpc) is 3.76. The minimum absolute atomic E-state index is 0. The van der Waals surface area contributed by atoms with Gasteiger partial charge in [-0.25, -0.2) is 0 Å². The quantitative estimate of drug-likeness (QED) is 0.118. The Balaban J connectivity index is 0.00000410. The van der Waals surface area contributed by atoms with Crippen molar-refractivity contribution in [2.24, 2.45) is 0 Å². The molecule has 0 saturated carbocycles. The number of pyridine rings is 2. The number of benzene rings is 6. The van der Waals surface area contributed by atoms with Gasteiger partial charge in [-0.05, 0) is 58.9 Å². The Morgan fingerprint density at radius 2 is 1.39 bits per heavy atom. The summed E-state index contributed by atoms with van der Waals surface area (Å²) in [6.45, 7) is 7.14. The van der Waals surface area contributed by atoms with E-state index in [9.17, 15) is 0 Å². The van der Waals surface area contributed by atoms with Gasteiger partial charge < -0.3 is 23.7 Å². The smallest absolute Gasteiger partial charge is 0.501 e. The Morgan fingerprint density at radius 1 is 0.589 bits per heavy atom. The second kappa shape index (κ2) is 14.2. The molecule has 0 unspecified atom stereocenters. The molecule has 10 aromatic rings. The number of nitrogens with zero attached hydrogens (tertiary/aromatic N) is 3. The molecule has 0 spiro atoms. The van der Waals surface area contributed by atoms with Crippen LogP contribution in [0.25, 0.3) is 83.1 Å². The monoisotopic (exact) mass is 920 g/mol. The van der Waals surface area contributed by atoms with Crippen molar-refractivity contribution in [3.63, 3.8) is 0 Å². The molecule has 0 fully saturated rings. The van der Waals surface area contributed by atoms with Crippen LogP contribution >= 0.6 is 0 Å². The van der Waals surface area contributed by atoms with Gasteiger partial charge in [0, 0.05) is 51.3 Å². The predicted molar refractivity (Wildman–Crippen MR) is 227 cm³/mol. The van der Waals surface area contributed by atoms with Gasteiger partial charge in [0.25, 0.3) is 0 Å². The number of ether oxygens (including phenoxy) is 1. The van der Waals surface area contributed by atoms with Crippen LogP contribution in [0.3, 0.4) is 0 Å². The van der Waals surface area contributed by atoms with E-state index in [1.807, 2.05) is 60.8 Å². The van der Waals surface area contributed by atoms with Gasteiger partial charge in [-0.15, -0.1) is 23.8 Å². The zero-order valence-electron chi connectivity index (χ0n) is 31.0. The van der Waals surface area contributed by atoms with Gasteiger partial charge >= 0.3 is 21.1 Å². The van der Waals surface area contributed by atoms with E-state index in [4.69, 9.17) is 14.1 Å². The maximum Gasteiger partial charge on any atom is 2.00 e. The minimum atomic E-state index is -1.47. The van der Waals surface area contributed by atoms with Crippen molar-refractivity contribution in [1.82, 2.24) is 14.5 Å². The fourth-order valence-corrected chi connectivity index (χ4v) is 8.69. The third-order valence-electron chi connectivity index (χ3n) is 10.3. The van der Waals surface area contributed by atoms with Crippen LogP contribution < -0.4 is 9.92 Å². The van der Waals surface area contributed by atoms with Crippen LogP contribution in [0.1, 0.15) is 0 Å². The van der Waals surface area contributed by atoms with Crippen LogP contribution in [0, 0.1) is 12.1 Å². The van der Waals surface area contributed by atoms with Crippen molar-refractivity contribution in [1.29, 1.82) is 0 Å². The number of furan rings is 1. The molecule has 272 valence electrons. The molecule has 0 aliphatic rings. The first-order chi connectivity index (χ1) is 26.9. The van der Waals surface area contributed by atoms with E-state index in [0.29, 0.717) is 17.1 Å². The third-order valence-corrected chi connectivity index (χ3v) is 12.4. The van der Waals surface area contributed by atoms with Crippen molar-refractivity contribution in [2.45, 2.75) is 19.6 Å². The van der Waals surface area contributed by atoms with Crippen molar-refractivity contribution in [3.05, 3.63) is 170 Å². The van der Waals surface area contributed by atoms with E-state index < -0.39 is 8.07 Å². The Hall–Kier alpha value is -6.07. The number of hydrogen-bond acceptors (Lipinski definition) is 4. The number of rotatable bonds is 7. The maximum absolute atomic E-state index is 6.70. The molecule has 6 aromatic carbocycles. The van der Waals surface area contributed by atoms with Crippen molar-refractivity contribution < 1.29 is 30.2 Å². The van der Waals surface area contributed by atoms with Crippen LogP contribution in [0.4, 0.5) is 0 Å². The largest absolute Gasteiger partial charge is 2.00 e. The SMILES string of the molecule is C[Si](C)(C)c1ccc(-n2c3ccccc3c3cnc(-c4[c-]c(Oc5[c-]c(-c6ccccn6)ccc5)cc5c4oc4ccc(-c6ccccc6)cc45)cc32)cc1.[Pt+2]. The Bertz CT molecular complexity index is 3040. The van der Waals surface area contributed by atoms with E-state index in [2.05, 4.69) is 132 Å². The van der Waals surface area contributed by atoms with E-state index in [1.165, 1.54) is 5.19 Å². The van der Waals surface area contributed by atoms with Crippen LogP contribution in [-0.4, -0.2) is 22.6 Å². The second-order valence-corrected chi connectivity index (χ2v) is 20.0. The molecule has 0 aliphatic heterocycles. The van der Waals surface area contributed by atoms with Gasteiger partial charge in [-0.3, -0.25) is 0 Å². The van der Waals surface area contributed by atoms with Gasteiger partial charge in [0.1, 0.15) is 5.58 Å². The van der Waals surface area contributed by atoms with Crippen LogP contribution in [-0.2, 0) is 21.1 Å². The summed E-state index contributed by atoms with van der Waals surface area (Å²) in [5.41, 5.74) is 10.1. The van der Waals surface area contributed by atoms with Gasteiger partial charge in [0.2, 0.25) is 0 Å². The van der Waals surface area contributed by atoms with E-state index >= 15 is 0 Å². The molecule has 0 radical (unpaired) electrons. The standard InChI is InChI=1S/C49H35N3O2Si.Pt/c1-55(2,3)38-22-20-35(21-23-38)52-46-18-8-7-16-39(46)43-31-51-45(30-47(43)52)42-29-37(53-36-15-11-14-34(26-36)44-17-9-10-25-50-44)28-41-40-27-33(32-12-5-4-6-13-32)19-24-48(40)54-49(41)42;/h4-25,27-28,30-31H,1-3H3;/q-2;+2. The van der Waals surface area contributed by atoms with E-state index in [-0.39, 0.29) is 21.1 Å². The summed E-state index contributed by atoms with van der Waals surface area (Å²) in [5.74, 6) is 1.10. The summed E-state index contributed by atoms with van der Waals surface area (Å²) in [6, 6.07) is 57.2. The molecular formula is C49H35N3O2PtSi. The second-order valence-electron chi connectivity index (χ2n) is 14.9. The molecular weight excluding hydrogens is 886 g/mol. The Labute approximate surface area is 340 Å². The number of aromatic nitrogens is 3. The molecule has 0 N–H and O–H groups in total.